The van der Waals surface area contributed by atoms with Crippen LogP contribution in [0, 0.1) is 5.82 Å². The Balaban J connectivity index is 2.13. The summed E-state index contributed by atoms with van der Waals surface area (Å²) in [6, 6.07) is 6.93. The molecule has 0 saturated carbocycles. The van der Waals surface area contributed by atoms with Crippen LogP contribution in [0.2, 0.25) is 0 Å². The van der Waals surface area contributed by atoms with Crippen LogP contribution in [0.4, 0.5) is 4.39 Å². The minimum absolute atomic E-state index is 0.0427. The van der Waals surface area contributed by atoms with Crippen molar-refractivity contribution >= 4 is 0 Å². The lowest BCUT2D eigenvalue weighted by Gasteiger charge is -2.23. The highest BCUT2D eigenvalue weighted by Crippen LogP contribution is 2.32. The molecule has 3 unspecified atom stereocenters. The molecule has 2 rings (SSSR count). The number of rotatable bonds is 3. The summed E-state index contributed by atoms with van der Waals surface area (Å²) in [6.45, 7) is 4.02. The quantitative estimate of drug-likeness (QED) is 0.711. The van der Waals surface area contributed by atoms with Gasteiger partial charge in [-0.25, -0.2) is 4.39 Å². The fourth-order valence-electron chi connectivity index (χ4n) is 1.86. The van der Waals surface area contributed by atoms with Gasteiger partial charge in [0.05, 0.1) is 6.10 Å². The first-order chi connectivity index (χ1) is 7.11. The van der Waals surface area contributed by atoms with E-state index in [0.717, 1.165) is 5.56 Å². The second-order valence-corrected chi connectivity index (χ2v) is 4.09. The summed E-state index contributed by atoms with van der Waals surface area (Å²) < 4.78 is 18.9. The summed E-state index contributed by atoms with van der Waals surface area (Å²) in [7, 11) is 1.96. The molecular formula is C12H16FNO. The monoisotopic (exact) mass is 209 g/mol. The van der Waals surface area contributed by atoms with Crippen molar-refractivity contribution in [3.63, 3.8) is 0 Å². The van der Waals surface area contributed by atoms with Gasteiger partial charge in [-0.15, -0.1) is 0 Å². The second kappa shape index (κ2) is 3.91. The van der Waals surface area contributed by atoms with Crippen molar-refractivity contribution in [2.75, 3.05) is 7.05 Å². The van der Waals surface area contributed by atoms with Crippen LogP contribution >= 0.6 is 0 Å². The molecule has 3 atom stereocenters. The first-order valence-electron chi connectivity index (χ1n) is 5.23. The fraction of sp³-hybridized carbons (Fsp3) is 0.500. The van der Waals surface area contributed by atoms with Gasteiger partial charge in [0.25, 0.3) is 0 Å². The lowest BCUT2D eigenvalue weighted by atomic mass is 10.1. The van der Waals surface area contributed by atoms with Crippen LogP contribution in [0.1, 0.15) is 25.5 Å². The van der Waals surface area contributed by atoms with Gasteiger partial charge < -0.3 is 4.74 Å². The highest BCUT2D eigenvalue weighted by atomic mass is 19.1. The summed E-state index contributed by atoms with van der Waals surface area (Å²) in [4.78, 5) is 2.06. The third-order valence-electron chi connectivity index (χ3n) is 3.05. The topological polar surface area (TPSA) is 15.8 Å². The van der Waals surface area contributed by atoms with E-state index in [1.54, 1.807) is 6.07 Å². The van der Waals surface area contributed by atoms with E-state index >= 15 is 0 Å². The number of hydrogen-bond acceptors (Lipinski definition) is 2. The molecule has 1 fully saturated rings. The maximum atomic E-state index is 13.5. The predicted octanol–water partition coefficient (Wildman–Crippen LogP) is 2.56. The molecule has 1 aliphatic rings. The molecular weight excluding hydrogens is 193 g/mol. The molecule has 0 amide bonds. The van der Waals surface area contributed by atoms with Gasteiger partial charge in [0.1, 0.15) is 12.0 Å². The van der Waals surface area contributed by atoms with Crippen LogP contribution < -0.4 is 0 Å². The van der Waals surface area contributed by atoms with Gasteiger partial charge in [-0.2, -0.15) is 0 Å². The van der Waals surface area contributed by atoms with Crippen LogP contribution in [0.15, 0.2) is 24.3 Å². The Labute approximate surface area is 89.7 Å². The summed E-state index contributed by atoms with van der Waals surface area (Å²) in [5.74, 6) is -0.148. The van der Waals surface area contributed by atoms with Crippen molar-refractivity contribution in [2.45, 2.75) is 32.2 Å². The fourth-order valence-corrected chi connectivity index (χ4v) is 1.86. The molecule has 3 heteroatoms. The van der Waals surface area contributed by atoms with Crippen LogP contribution in [0.5, 0.6) is 0 Å². The van der Waals surface area contributed by atoms with Gasteiger partial charge in [0.2, 0.25) is 0 Å². The van der Waals surface area contributed by atoms with Crippen molar-refractivity contribution in [3.05, 3.63) is 35.6 Å². The number of halogens is 1. The van der Waals surface area contributed by atoms with Gasteiger partial charge >= 0.3 is 0 Å². The maximum absolute atomic E-state index is 13.5. The Morgan fingerprint density at radius 3 is 2.53 bits per heavy atom. The van der Waals surface area contributed by atoms with Gasteiger partial charge in [-0.05, 0) is 27.0 Å². The van der Waals surface area contributed by atoms with Crippen molar-refractivity contribution in [1.29, 1.82) is 0 Å². The molecule has 82 valence electrons. The number of benzene rings is 1. The Kier molecular flexibility index (Phi) is 2.76. The standard InChI is InChI=1S/C12H16FNO/c1-8(14(3)12-9(2)15-12)10-6-4-5-7-11(10)13/h4-9,12H,1-3H3. The molecule has 0 spiro atoms. The van der Waals surface area contributed by atoms with Crippen molar-refractivity contribution < 1.29 is 9.13 Å². The highest BCUT2D eigenvalue weighted by Gasteiger charge is 2.40. The zero-order chi connectivity index (χ0) is 11.0. The van der Waals surface area contributed by atoms with Crippen LogP contribution in [0.3, 0.4) is 0 Å². The third-order valence-corrected chi connectivity index (χ3v) is 3.05. The number of likely N-dealkylation sites (N-methyl/N-ethyl adjacent to an activating group) is 1. The van der Waals surface area contributed by atoms with Gasteiger partial charge in [-0.1, -0.05) is 18.2 Å². The Morgan fingerprint density at radius 2 is 2.00 bits per heavy atom. The molecule has 1 saturated heterocycles. The molecule has 0 aliphatic carbocycles. The molecule has 1 aromatic rings. The molecule has 0 bridgehead atoms. The molecule has 0 radical (unpaired) electrons. The first-order valence-corrected chi connectivity index (χ1v) is 5.23. The van der Waals surface area contributed by atoms with E-state index in [2.05, 4.69) is 4.90 Å². The van der Waals surface area contributed by atoms with E-state index in [-0.39, 0.29) is 24.2 Å². The first kappa shape index (κ1) is 10.6. The SMILES string of the molecule is CC1OC1N(C)C(C)c1ccccc1F. The van der Waals surface area contributed by atoms with Crippen molar-refractivity contribution in [3.8, 4) is 0 Å². The van der Waals surface area contributed by atoms with Crippen LogP contribution in [-0.4, -0.2) is 24.3 Å². The number of nitrogens with zero attached hydrogens (tertiary/aromatic N) is 1. The van der Waals surface area contributed by atoms with Gasteiger partial charge in [0, 0.05) is 11.6 Å². The minimum Gasteiger partial charge on any atom is -0.353 e. The zero-order valence-corrected chi connectivity index (χ0v) is 9.27. The largest absolute Gasteiger partial charge is 0.353 e. The summed E-state index contributed by atoms with van der Waals surface area (Å²) in [5.41, 5.74) is 0.725. The third kappa shape index (κ3) is 2.03. The number of hydrogen-bond donors (Lipinski definition) is 0. The molecule has 1 aliphatic heterocycles. The van der Waals surface area contributed by atoms with Crippen LogP contribution in [-0.2, 0) is 4.74 Å². The maximum Gasteiger partial charge on any atom is 0.137 e. The molecule has 0 aromatic heterocycles. The van der Waals surface area contributed by atoms with E-state index in [0.29, 0.717) is 0 Å². The number of ether oxygens (including phenoxy) is 1. The van der Waals surface area contributed by atoms with Gasteiger partial charge in [0.15, 0.2) is 0 Å². The molecule has 2 nitrogen and oxygen atoms in total. The second-order valence-electron chi connectivity index (χ2n) is 4.09. The highest BCUT2D eigenvalue weighted by molar-refractivity contribution is 5.20. The van der Waals surface area contributed by atoms with Crippen molar-refractivity contribution in [2.24, 2.45) is 0 Å². The van der Waals surface area contributed by atoms with E-state index in [1.165, 1.54) is 6.07 Å². The summed E-state index contributed by atoms with van der Waals surface area (Å²) in [6.07, 6.45) is 0.406. The smallest absolute Gasteiger partial charge is 0.137 e. The average Bonchev–Trinajstić information content (AvgIpc) is 2.94. The Hall–Kier alpha value is -0.930. The molecule has 0 N–H and O–H groups in total. The van der Waals surface area contributed by atoms with Crippen molar-refractivity contribution in [1.82, 2.24) is 4.90 Å². The summed E-state index contributed by atoms with van der Waals surface area (Å²) in [5, 5.41) is 0. The average molecular weight is 209 g/mol. The number of epoxide rings is 1. The lowest BCUT2D eigenvalue weighted by Crippen LogP contribution is -2.27. The lowest BCUT2D eigenvalue weighted by molar-refractivity contribution is 0.163. The Bertz CT molecular complexity index is 355. The van der Waals surface area contributed by atoms with E-state index in [4.69, 9.17) is 4.74 Å². The van der Waals surface area contributed by atoms with E-state index in [9.17, 15) is 4.39 Å². The molecule has 15 heavy (non-hydrogen) atoms. The van der Waals surface area contributed by atoms with E-state index < -0.39 is 0 Å². The van der Waals surface area contributed by atoms with Gasteiger partial charge in [-0.3, -0.25) is 4.90 Å². The molecule has 1 heterocycles. The van der Waals surface area contributed by atoms with Crippen LogP contribution in [0.25, 0.3) is 0 Å². The molecule has 1 aromatic carbocycles. The summed E-state index contributed by atoms with van der Waals surface area (Å²) >= 11 is 0. The predicted molar refractivity (Wildman–Crippen MR) is 56.9 cm³/mol. The Morgan fingerprint density at radius 1 is 1.40 bits per heavy atom. The minimum atomic E-state index is -0.148. The normalized spacial score (nSPS) is 26.7. The zero-order valence-electron chi connectivity index (χ0n) is 9.27. The van der Waals surface area contributed by atoms with E-state index in [1.807, 2.05) is 33.0 Å².